The molecule has 0 fully saturated rings. The molecule has 0 radical (unpaired) electrons. The van der Waals surface area contributed by atoms with Gasteiger partial charge in [-0.2, -0.15) is 5.10 Å². The molecule has 0 aliphatic rings. The molecular formula is C24H25ClN2O5. The molecule has 0 amide bonds. The fourth-order valence-electron chi connectivity index (χ4n) is 3.48. The summed E-state index contributed by atoms with van der Waals surface area (Å²) >= 11 is 5.71. The second-order valence-electron chi connectivity index (χ2n) is 7.29. The van der Waals surface area contributed by atoms with E-state index >= 15 is 0 Å². The molecule has 32 heavy (non-hydrogen) atoms. The number of esters is 1. The fourth-order valence-corrected chi connectivity index (χ4v) is 3.60. The molecule has 0 N–H and O–H groups in total. The standard InChI is InChI=1S/C24H25ClN2O5/c1-6-32-24(29)17-13-19(22-20(30-4)8-7-9-21(22)31-5)27(26-17)18-11-10-15(23(25)28)12-16(18)14(2)3/h7-14H,6H2,1-5H3. The van der Waals surface area contributed by atoms with Crippen LogP contribution in [0.25, 0.3) is 16.9 Å². The van der Waals surface area contributed by atoms with E-state index < -0.39 is 11.2 Å². The Balaban J connectivity index is 2.35. The van der Waals surface area contributed by atoms with E-state index in [0.29, 0.717) is 34.0 Å². The molecule has 3 aromatic rings. The number of carbonyl (C=O) groups excluding carboxylic acids is 2. The molecule has 0 bridgehead atoms. The highest BCUT2D eigenvalue weighted by Crippen LogP contribution is 2.40. The lowest BCUT2D eigenvalue weighted by molar-refractivity contribution is 0.0519. The van der Waals surface area contributed by atoms with Gasteiger partial charge < -0.3 is 14.2 Å². The van der Waals surface area contributed by atoms with Crippen molar-refractivity contribution in [3.05, 3.63) is 59.3 Å². The minimum absolute atomic E-state index is 0.0450. The average molecular weight is 457 g/mol. The predicted octanol–water partition coefficient (Wildman–Crippen LogP) is 5.24. The molecule has 7 nitrogen and oxygen atoms in total. The van der Waals surface area contributed by atoms with Crippen LogP contribution in [-0.4, -0.2) is 41.8 Å². The smallest absolute Gasteiger partial charge is 0.358 e. The van der Waals surface area contributed by atoms with Crippen LogP contribution in [0.2, 0.25) is 0 Å². The summed E-state index contributed by atoms with van der Waals surface area (Å²) in [6, 6.07) is 12.2. The van der Waals surface area contributed by atoms with Crippen LogP contribution in [0.15, 0.2) is 42.5 Å². The van der Waals surface area contributed by atoms with Gasteiger partial charge in [0, 0.05) is 5.56 Å². The van der Waals surface area contributed by atoms with Crippen molar-refractivity contribution < 1.29 is 23.8 Å². The van der Waals surface area contributed by atoms with E-state index in [1.54, 1.807) is 62.2 Å². The van der Waals surface area contributed by atoms with E-state index in [9.17, 15) is 9.59 Å². The Morgan fingerprint density at radius 2 is 1.72 bits per heavy atom. The maximum absolute atomic E-state index is 12.5. The first-order valence-electron chi connectivity index (χ1n) is 10.1. The minimum Gasteiger partial charge on any atom is -0.496 e. The predicted molar refractivity (Wildman–Crippen MR) is 122 cm³/mol. The summed E-state index contributed by atoms with van der Waals surface area (Å²) in [4.78, 5) is 24.3. The minimum atomic E-state index is -0.544. The zero-order chi connectivity index (χ0) is 23.4. The average Bonchev–Trinajstić information content (AvgIpc) is 3.23. The summed E-state index contributed by atoms with van der Waals surface area (Å²) in [6.45, 7) is 5.96. The van der Waals surface area contributed by atoms with Crippen LogP contribution in [0.5, 0.6) is 11.5 Å². The quantitative estimate of drug-likeness (QED) is 0.341. The van der Waals surface area contributed by atoms with Crippen molar-refractivity contribution in [3.63, 3.8) is 0 Å². The Bertz CT molecular complexity index is 1130. The number of methoxy groups -OCH3 is 2. The zero-order valence-corrected chi connectivity index (χ0v) is 19.4. The van der Waals surface area contributed by atoms with Gasteiger partial charge in [-0.25, -0.2) is 9.48 Å². The van der Waals surface area contributed by atoms with E-state index in [0.717, 1.165) is 5.56 Å². The van der Waals surface area contributed by atoms with Gasteiger partial charge in [0.25, 0.3) is 5.24 Å². The summed E-state index contributed by atoms with van der Waals surface area (Å²) in [6.07, 6.45) is 0. The highest BCUT2D eigenvalue weighted by Gasteiger charge is 2.24. The highest BCUT2D eigenvalue weighted by atomic mass is 35.5. The van der Waals surface area contributed by atoms with Crippen LogP contribution < -0.4 is 9.47 Å². The summed E-state index contributed by atoms with van der Waals surface area (Å²) < 4.78 is 18.0. The Morgan fingerprint density at radius 1 is 1.06 bits per heavy atom. The molecule has 0 unspecified atom stereocenters. The van der Waals surface area contributed by atoms with E-state index in [1.165, 1.54) is 0 Å². The van der Waals surface area contributed by atoms with Crippen molar-refractivity contribution in [3.8, 4) is 28.4 Å². The van der Waals surface area contributed by atoms with Crippen molar-refractivity contribution in [2.75, 3.05) is 20.8 Å². The number of benzene rings is 2. The number of halogens is 1. The van der Waals surface area contributed by atoms with Crippen LogP contribution in [0.3, 0.4) is 0 Å². The van der Waals surface area contributed by atoms with E-state index in [2.05, 4.69) is 5.10 Å². The topological polar surface area (TPSA) is 79.7 Å². The van der Waals surface area contributed by atoms with Gasteiger partial charge in [-0.05, 0) is 66.4 Å². The van der Waals surface area contributed by atoms with Crippen LogP contribution in [0.1, 0.15) is 53.1 Å². The molecule has 1 heterocycles. The third kappa shape index (κ3) is 4.48. The number of ether oxygens (including phenoxy) is 3. The summed E-state index contributed by atoms with van der Waals surface area (Å²) in [5, 5.41) is 4.01. The van der Waals surface area contributed by atoms with Crippen molar-refractivity contribution in [2.24, 2.45) is 0 Å². The van der Waals surface area contributed by atoms with Gasteiger partial charge in [0.2, 0.25) is 0 Å². The van der Waals surface area contributed by atoms with Crippen molar-refractivity contribution in [1.29, 1.82) is 0 Å². The van der Waals surface area contributed by atoms with Gasteiger partial charge in [-0.1, -0.05) is 19.9 Å². The second-order valence-corrected chi connectivity index (χ2v) is 7.63. The van der Waals surface area contributed by atoms with Crippen LogP contribution in [0, 0.1) is 0 Å². The SMILES string of the molecule is CCOC(=O)c1cc(-c2c(OC)cccc2OC)n(-c2ccc(C(=O)Cl)cc2C(C)C)n1. The largest absolute Gasteiger partial charge is 0.496 e. The van der Waals surface area contributed by atoms with Gasteiger partial charge in [0.1, 0.15) is 11.5 Å². The highest BCUT2D eigenvalue weighted by molar-refractivity contribution is 6.67. The molecule has 0 saturated heterocycles. The first kappa shape index (κ1) is 23.3. The molecule has 0 spiro atoms. The Morgan fingerprint density at radius 3 is 2.25 bits per heavy atom. The normalized spacial score (nSPS) is 10.8. The lowest BCUT2D eigenvalue weighted by atomic mass is 9.98. The van der Waals surface area contributed by atoms with Gasteiger partial charge in [0.15, 0.2) is 5.69 Å². The number of rotatable bonds is 8. The summed E-state index contributed by atoms with van der Waals surface area (Å²) in [5.41, 5.74) is 3.27. The van der Waals surface area contributed by atoms with Crippen LogP contribution in [0.4, 0.5) is 0 Å². The first-order chi connectivity index (χ1) is 15.3. The molecule has 3 rings (SSSR count). The Labute approximate surface area is 191 Å². The first-order valence-corrected chi connectivity index (χ1v) is 10.5. The third-order valence-corrected chi connectivity index (χ3v) is 5.20. The molecule has 168 valence electrons. The lowest BCUT2D eigenvalue weighted by Crippen LogP contribution is -2.09. The number of nitrogens with zero attached hydrogens (tertiary/aromatic N) is 2. The maximum Gasteiger partial charge on any atom is 0.358 e. The Kier molecular flexibility index (Phi) is 7.20. The number of aromatic nitrogens is 2. The van der Waals surface area contributed by atoms with E-state index in [1.807, 2.05) is 19.9 Å². The van der Waals surface area contributed by atoms with Gasteiger partial charge in [0.05, 0.1) is 37.8 Å². The molecule has 0 saturated carbocycles. The fraction of sp³-hybridized carbons (Fsp3) is 0.292. The summed E-state index contributed by atoms with van der Waals surface area (Å²) in [5.74, 6) is 0.614. The van der Waals surface area contributed by atoms with Crippen LogP contribution in [-0.2, 0) is 4.74 Å². The second kappa shape index (κ2) is 9.87. The van der Waals surface area contributed by atoms with E-state index in [4.69, 9.17) is 25.8 Å². The third-order valence-electron chi connectivity index (χ3n) is 4.98. The Hall–Kier alpha value is -3.32. The van der Waals surface area contributed by atoms with Gasteiger partial charge in [-0.3, -0.25) is 4.79 Å². The van der Waals surface area contributed by atoms with Gasteiger partial charge >= 0.3 is 5.97 Å². The molecule has 1 aromatic heterocycles. The molecule has 2 aromatic carbocycles. The summed E-state index contributed by atoms with van der Waals surface area (Å²) in [7, 11) is 3.12. The van der Waals surface area contributed by atoms with Crippen molar-refractivity contribution in [1.82, 2.24) is 9.78 Å². The number of carbonyl (C=O) groups is 2. The number of hydrogen-bond acceptors (Lipinski definition) is 6. The number of hydrogen-bond donors (Lipinski definition) is 0. The molecule has 0 aliphatic carbocycles. The molecular weight excluding hydrogens is 432 g/mol. The van der Waals surface area contributed by atoms with E-state index in [-0.39, 0.29) is 18.2 Å². The molecule has 0 atom stereocenters. The van der Waals surface area contributed by atoms with Crippen molar-refractivity contribution in [2.45, 2.75) is 26.7 Å². The monoisotopic (exact) mass is 456 g/mol. The molecule has 0 aliphatic heterocycles. The van der Waals surface area contributed by atoms with Gasteiger partial charge in [-0.15, -0.1) is 0 Å². The zero-order valence-electron chi connectivity index (χ0n) is 18.6. The van der Waals surface area contributed by atoms with Crippen LogP contribution >= 0.6 is 11.6 Å². The van der Waals surface area contributed by atoms with Crippen molar-refractivity contribution >= 4 is 22.8 Å². The molecule has 8 heteroatoms. The maximum atomic E-state index is 12.5. The lowest BCUT2D eigenvalue weighted by Gasteiger charge is -2.18.